The molecule has 1 fully saturated rings. The number of carbonyl (C=O) groups is 2. The first-order valence-electron chi connectivity index (χ1n) is 5.56. The molecule has 3 unspecified atom stereocenters. The van der Waals surface area contributed by atoms with Gasteiger partial charge in [-0.15, -0.1) is 0 Å². The molecule has 3 atom stereocenters. The SMILES string of the molecule is CCC1C(=O)CC(C)(C)C(C(=O)O)C1C. The fourth-order valence-electron chi connectivity index (χ4n) is 3.09. The molecule has 0 aromatic carbocycles. The summed E-state index contributed by atoms with van der Waals surface area (Å²) >= 11 is 0. The van der Waals surface area contributed by atoms with Crippen LogP contribution < -0.4 is 0 Å². The molecule has 86 valence electrons. The van der Waals surface area contributed by atoms with Crippen LogP contribution in [-0.4, -0.2) is 16.9 Å². The van der Waals surface area contributed by atoms with E-state index < -0.39 is 17.3 Å². The smallest absolute Gasteiger partial charge is 0.307 e. The molecular weight excluding hydrogens is 192 g/mol. The van der Waals surface area contributed by atoms with E-state index in [9.17, 15) is 14.7 Å². The maximum absolute atomic E-state index is 11.8. The molecule has 0 heterocycles. The van der Waals surface area contributed by atoms with Crippen molar-refractivity contribution in [1.29, 1.82) is 0 Å². The van der Waals surface area contributed by atoms with Gasteiger partial charge in [0.25, 0.3) is 0 Å². The van der Waals surface area contributed by atoms with Crippen molar-refractivity contribution in [3.05, 3.63) is 0 Å². The highest BCUT2D eigenvalue weighted by molar-refractivity contribution is 5.86. The molecule has 1 rings (SSSR count). The summed E-state index contributed by atoms with van der Waals surface area (Å²) in [6, 6.07) is 0. The predicted molar refractivity (Wildman–Crippen MR) is 57.5 cm³/mol. The second kappa shape index (κ2) is 3.95. The Balaban J connectivity index is 3.03. The van der Waals surface area contributed by atoms with Gasteiger partial charge in [0.2, 0.25) is 0 Å². The van der Waals surface area contributed by atoms with Crippen LogP contribution in [0.2, 0.25) is 0 Å². The highest BCUT2D eigenvalue weighted by Gasteiger charge is 2.48. The van der Waals surface area contributed by atoms with Crippen LogP contribution in [0.3, 0.4) is 0 Å². The van der Waals surface area contributed by atoms with Crippen LogP contribution in [-0.2, 0) is 9.59 Å². The standard InChI is InChI=1S/C12H20O3/c1-5-8-7(2)10(11(14)15)12(3,4)6-9(8)13/h7-8,10H,5-6H2,1-4H3,(H,14,15). The predicted octanol–water partition coefficient (Wildman–Crippen LogP) is 2.35. The Morgan fingerprint density at radius 3 is 2.47 bits per heavy atom. The van der Waals surface area contributed by atoms with Gasteiger partial charge in [0.05, 0.1) is 5.92 Å². The number of Topliss-reactive ketones (excluding diaryl/α,β-unsaturated/α-hetero) is 1. The van der Waals surface area contributed by atoms with E-state index in [4.69, 9.17) is 0 Å². The van der Waals surface area contributed by atoms with Gasteiger partial charge >= 0.3 is 5.97 Å². The number of hydrogen-bond donors (Lipinski definition) is 1. The van der Waals surface area contributed by atoms with Gasteiger partial charge in [-0.2, -0.15) is 0 Å². The molecule has 1 N–H and O–H groups in total. The second-order valence-electron chi connectivity index (χ2n) is 5.32. The molecule has 0 bridgehead atoms. The van der Waals surface area contributed by atoms with Crippen LogP contribution >= 0.6 is 0 Å². The molecular formula is C12H20O3. The minimum atomic E-state index is -0.765. The number of carboxylic acids is 1. The Kier molecular flexibility index (Phi) is 3.22. The van der Waals surface area contributed by atoms with Gasteiger partial charge in [0.1, 0.15) is 5.78 Å². The normalized spacial score (nSPS) is 35.2. The molecule has 0 amide bonds. The first-order chi connectivity index (χ1) is 6.81. The lowest BCUT2D eigenvalue weighted by Crippen LogP contribution is -2.47. The van der Waals surface area contributed by atoms with E-state index in [1.807, 2.05) is 27.7 Å². The summed E-state index contributed by atoms with van der Waals surface area (Å²) in [5.41, 5.74) is -0.409. The van der Waals surface area contributed by atoms with Gasteiger partial charge in [-0.25, -0.2) is 0 Å². The summed E-state index contributed by atoms with van der Waals surface area (Å²) in [6.07, 6.45) is 1.15. The molecule has 0 spiro atoms. The largest absolute Gasteiger partial charge is 0.481 e. The van der Waals surface area contributed by atoms with Crippen LogP contribution in [0.25, 0.3) is 0 Å². The van der Waals surface area contributed by atoms with Crippen molar-refractivity contribution in [1.82, 2.24) is 0 Å². The minimum absolute atomic E-state index is 0.0521. The Hall–Kier alpha value is -0.860. The first-order valence-corrected chi connectivity index (χ1v) is 5.56. The minimum Gasteiger partial charge on any atom is -0.481 e. The van der Waals surface area contributed by atoms with Crippen molar-refractivity contribution in [2.45, 2.75) is 40.5 Å². The molecule has 0 aliphatic heterocycles. The molecule has 0 radical (unpaired) electrons. The summed E-state index contributed by atoms with van der Waals surface area (Å²) in [5.74, 6) is -1.06. The number of hydrogen-bond acceptors (Lipinski definition) is 2. The Morgan fingerprint density at radius 1 is 1.53 bits per heavy atom. The quantitative estimate of drug-likeness (QED) is 0.764. The summed E-state index contributed by atoms with van der Waals surface area (Å²) < 4.78 is 0. The highest BCUT2D eigenvalue weighted by Crippen LogP contribution is 2.45. The van der Waals surface area contributed by atoms with E-state index in [0.717, 1.165) is 6.42 Å². The molecule has 1 aliphatic rings. The van der Waals surface area contributed by atoms with Gasteiger partial charge in [-0.05, 0) is 17.8 Å². The van der Waals surface area contributed by atoms with E-state index in [1.165, 1.54) is 0 Å². The summed E-state index contributed by atoms with van der Waals surface area (Å²) in [7, 11) is 0. The van der Waals surface area contributed by atoms with Crippen LogP contribution in [0.15, 0.2) is 0 Å². The maximum atomic E-state index is 11.8. The topological polar surface area (TPSA) is 54.4 Å². The monoisotopic (exact) mass is 212 g/mol. The Bertz CT molecular complexity index is 281. The van der Waals surface area contributed by atoms with Gasteiger partial charge in [-0.3, -0.25) is 9.59 Å². The zero-order valence-electron chi connectivity index (χ0n) is 9.91. The van der Waals surface area contributed by atoms with Gasteiger partial charge in [0.15, 0.2) is 0 Å². The van der Waals surface area contributed by atoms with Crippen molar-refractivity contribution >= 4 is 11.8 Å². The van der Waals surface area contributed by atoms with Crippen molar-refractivity contribution in [2.75, 3.05) is 0 Å². The summed E-state index contributed by atoms with van der Waals surface area (Å²) in [5, 5.41) is 9.23. The maximum Gasteiger partial charge on any atom is 0.307 e. The van der Waals surface area contributed by atoms with Crippen molar-refractivity contribution in [3.63, 3.8) is 0 Å². The van der Waals surface area contributed by atoms with Gasteiger partial charge < -0.3 is 5.11 Å². The van der Waals surface area contributed by atoms with Gasteiger partial charge in [-0.1, -0.05) is 27.7 Å². The fourth-order valence-corrected chi connectivity index (χ4v) is 3.09. The zero-order valence-corrected chi connectivity index (χ0v) is 9.91. The van der Waals surface area contributed by atoms with E-state index in [2.05, 4.69) is 0 Å². The molecule has 1 saturated carbocycles. The number of carboxylic acid groups (broad SMARTS) is 1. The summed E-state index contributed by atoms with van der Waals surface area (Å²) in [6.45, 7) is 7.61. The van der Waals surface area contributed by atoms with E-state index in [1.54, 1.807) is 0 Å². The zero-order chi connectivity index (χ0) is 11.8. The number of aliphatic carboxylic acids is 1. The Labute approximate surface area is 90.9 Å². The average molecular weight is 212 g/mol. The van der Waals surface area contributed by atoms with E-state index >= 15 is 0 Å². The van der Waals surface area contributed by atoms with E-state index in [-0.39, 0.29) is 17.6 Å². The number of ketones is 1. The Morgan fingerprint density at radius 2 is 2.07 bits per heavy atom. The van der Waals surface area contributed by atoms with Crippen LogP contribution in [0.5, 0.6) is 0 Å². The molecule has 0 saturated heterocycles. The summed E-state index contributed by atoms with van der Waals surface area (Å²) in [4.78, 5) is 23.1. The second-order valence-corrected chi connectivity index (χ2v) is 5.32. The molecule has 3 nitrogen and oxygen atoms in total. The molecule has 3 heteroatoms. The van der Waals surface area contributed by atoms with Crippen molar-refractivity contribution < 1.29 is 14.7 Å². The molecule has 1 aliphatic carbocycles. The van der Waals surface area contributed by atoms with Crippen LogP contribution in [0.1, 0.15) is 40.5 Å². The van der Waals surface area contributed by atoms with Crippen molar-refractivity contribution in [3.8, 4) is 0 Å². The third kappa shape index (κ3) is 2.06. The lowest BCUT2D eigenvalue weighted by molar-refractivity contribution is -0.156. The molecule has 15 heavy (non-hydrogen) atoms. The average Bonchev–Trinajstić information content (AvgIpc) is 2.00. The van der Waals surface area contributed by atoms with Crippen LogP contribution in [0, 0.1) is 23.2 Å². The van der Waals surface area contributed by atoms with E-state index in [0.29, 0.717) is 6.42 Å². The number of rotatable bonds is 2. The lowest BCUT2D eigenvalue weighted by atomic mass is 9.59. The third-order valence-corrected chi connectivity index (χ3v) is 3.75. The highest BCUT2D eigenvalue weighted by atomic mass is 16.4. The fraction of sp³-hybridized carbons (Fsp3) is 0.833. The van der Waals surface area contributed by atoms with Crippen molar-refractivity contribution in [2.24, 2.45) is 23.2 Å². The van der Waals surface area contributed by atoms with Gasteiger partial charge in [0, 0.05) is 12.3 Å². The van der Waals surface area contributed by atoms with Crippen LogP contribution in [0.4, 0.5) is 0 Å². The first kappa shape index (κ1) is 12.2. The molecule has 0 aromatic rings. The third-order valence-electron chi connectivity index (χ3n) is 3.75. The lowest BCUT2D eigenvalue weighted by Gasteiger charge is -2.43. The molecule has 0 aromatic heterocycles. The number of carbonyl (C=O) groups excluding carboxylic acids is 1.